The number of hydrogen-bond donors (Lipinski definition) is 12. The van der Waals surface area contributed by atoms with Gasteiger partial charge in [-0.1, -0.05) is 398 Å². The summed E-state index contributed by atoms with van der Waals surface area (Å²) in [6, 6.07) is -0.989. The molecular weight excluding hydrogens is 1380 g/mol. The van der Waals surface area contributed by atoms with Crippen molar-refractivity contribution in [3.05, 3.63) is 24.3 Å². The lowest BCUT2D eigenvalue weighted by Gasteiger charge is -2.48. The minimum absolute atomic E-state index is 0.241. The Morgan fingerprint density at radius 3 is 0.917 bits per heavy atom. The zero-order chi connectivity index (χ0) is 78.8. The normalized spacial score (nSPS) is 25.3. The number of unbranched alkanes of at least 4 members (excludes halogenated alkanes) is 58. The van der Waals surface area contributed by atoms with Gasteiger partial charge in [-0.15, -0.1) is 0 Å². The van der Waals surface area contributed by atoms with E-state index in [2.05, 4.69) is 31.3 Å². The van der Waals surface area contributed by atoms with Crippen LogP contribution in [0.4, 0.5) is 0 Å². The van der Waals surface area contributed by atoms with Gasteiger partial charge in [0.25, 0.3) is 0 Å². The van der Waals surface area contributed by atoms with Gasteiger partial charge >= 0.3 is 0 Å². The molecule has 0 aromatic carbocycles. The van der Waals surface area contributed by atoms with Crippen LogP contribution in [-0.4, -0.2) is 193 Å². The Balaban J connectivity index is 1.31. The van der Waals surface area contributed by atoms with Gasteiger partial charge in [0.1, 0.15) is 73.2 Å². The second-order valence-electron chi connectivity index (χ2n) is 33.1. The predicted molar refractivity (Wildman–Crippen MR) is 439 cm³/mol. The molecule has 3 aliphatic rings. The molecular formula is C90H171NO18. The standard InChI is InChI=1S/C90H171NO18/c1-3-5-7-9-11-13-15-17-19-21-23-25-27-29-31-32-33-34-35-36-37-38-39-40-41-42-44-46-48-50-52-54-56-58-60-62-64-66-68-78(96)91-73(74(95)67-65-63-61-59-57-55-53-51-49-47-45-43-30-28-26-24-22-20-18-16-14-12-10-8-6-4-2)72-104-88-84(102)81(99)86(76(70-93)106-88)109-90-85(103)82(100)87(77(71-94)107-90)108-89-83(101)80(98)79(97)75(69-92)105-89/h57,59,65,67,73-77,79-90,92-95,97-103H,3-56,58,60-64,66,68-72H2,1-2H3,(H,91,96)/b59-57+,67-65+. The fourth-order valence-electron chi connectivity index (χ4n) is 15.9. The number of aliphatic hydroxyl groups is 11. The third-order valence-corrected chi connectivity index (χ3v) is 23.3. The van der Waals surface area contributed by atoms with Crippen LogP contribution < -0.4 is 5.32 Å². The molecule has 0 spiro atoms. The van der Waals surface area contributed by atoms with Gasteiger partial charge < -0.3 is 89.9 Å². The summed E-state index contributed by atoms with van der Waals surface area (Å²) < 4.78 is 34.5. The molecule has 3 heterocycles. The van der Waals surface area contributed by atoms with E-state index >= 15 is 0 Å². The first-order valence-corrected chi connectivity index (χ1v) is 46.1. The lowest BCUT2D eigenvalue weighted by atomic mass is 9.96. The maximum absolute atomic E-state index is 13.5. The Hall–Kier alpha value is -1.73. The van der Waals surface area contributed by atoms with Crippen LogP contribution in [0.3, 0.4) is 0 Å². The van der Waals surface area contributed by atoms with E-state index < -0.39 is 124 Å². The summed E-state index contributed by atoms with van der Waals surface area (Å²) in [6.07, 6.45) is 62.1. The van der Waals surface area contributed by atoms with Crippen molar-refractivity contribution >= 4 is 5.91 Å². The van der Waals surface area contributed by atoms with E-state index in [1.807, 2.05) is 6.08 Å². The molecule has 644 valence electrons. The van der Waals surface area contributed by atoms with E-state index in [9.17, 15) is 61.0 Å². The van der Waals surface area contributed by atoms with Crippen molar-refractivity contribution in [1.82, 2.24) is 5.32 Å². The average Bonchev–Trinajstić information content (AvgIpc) is 0.793. The number of carbonyl (C=O) groups is 1. The average molecular weight is 1560 g/mol. The number of hydrogen-bond acceptors (Lipinski definition) is 18. The molecule has 3 rings (SSSR count). The van der Waals surface area contributed by atoms with E-state index in [0.29, 0.717) is 12.8 Å². The number of carbonyl (C=O) groups excluding carboxylic acids is 1. The van der Waals surface area contributed by atoms with E-state index in [4.69, 9.17) is 28.4 Å². The van der Waals surface area contributed by atoms with Gasteiger partial charge in [0.15, 0.2) is 18.9 Å². The van der Waals surface area contributed by atoms with Crippen LogP contribution in [-0.2, 0) is 33.2 Å². The molecule has 19 nitrogen and oxygen atoms in total. The van der Waals surface area contributed by atoms with Gasteiger partial charge in [0.2, 0.25) is 5.91 Å². The lowest BCUT2D eigenvalue weighted by molar-refractivity contribution is -0.379. The Bertz CT molecular complexity index is 2060. The first-order chi connectivity index (χ1) is 53.3. The molecule has 17 atom stereocenters. The molecule has 0 saturated carbocycles. The smallest absolute Gasteiger partial charge is 0.220 e. The molecule has 0 radical (unpaired) electrons. The summed E-state index contributed by atoms with van der Waals surface area (Å²) in [5.41, 5.74) is 0. The van der Waals surface area contributed by atoms with E-state index in [1.165, 1.54) is 340 Å². The lowest BCUT2D eigenvalue weighted by Crippen LogP contribution is -2.66. The zero-order valence-corrected chi connectivity index (χ0v) is 69.6. The van der Waals surface area contributed by atoms with Crippen LogP contribution in [0.5, 0.6) is 0 Å². The van der Waals surface area contributed by atoms with Crippen molar-refractivity contribution in [3.8, 4) is 0 Å². The van der Waals surface area contributed by atoms with Crippen molar-refractivity contribution in [2.75, 3.05) is 26.4 Å². The number of amides is 1. The van der Waals surface area contributed by atoms with Gasteiger partial charge in [-0.05, 0) is 32.1 Å². The van der Waals surface area contributed by atoms with Crippen LogP contribution in [0.15, 0.2) is 24.3 Å². The summed E-state index contributed by atoms with van der Waals surface area (Å²) in [5.74, 6) is -0.275. The fourth-order valence-corrected chi connectivity index (χ4v) is 15.9. The topological polar surface area (TPSA) is 307 Å². The first kappa shape index (κ1) is 101. The highest BCUT2D eigenvalue weighted by Gasteiger charge is 2.54. The van der Waals surface area contributed by atoms with E-state index in [0.717, 1.165) is 38.5 Å². The van der Waals surface area contributed by atoms with E-state index in [1.54, 1.807) is 6.08 Å². The molecule has 109 heavy (non-hydrogen) atoms. The first-order valence-electron chi connectivity index (χ1n) is 46.1. The summed E-state index contributed by atoms with van der Waals surface area (Å²) in [5, 5.41) is 121. The number of ether oxygens (including phenoxy) is 6. The Labute approximate surface area is 664 Å². The molecule has 1 amide bonds. The number of nitrogens with one attached hydrogen (secondary N) is 1. The molecule has 17 unspecified atom stereocenters. The quantitative estimate of drug-likeness (QED) is 0.0199. The predicted octanol–water partition coefficient (Wildman–Crippen LogP) is 17.6. The highest BCUT2D eigenvalue weighted by molar-refractivity contribution is 5.76. The van der Waals surface area contributed by atoms with Gasteiger partial charge in [0.05, 0.1) is 38.6 Å². The Morgan fingerprint density at radius 1 is 0.321 bits per heavy atom. The third-order valence-electron chi connectivity index (χ3n) is 23.3. The largest absolute Gasteiger partial charge is 0.394 e. The van der Waals surface area contributed by atoms with Crippen molar-refractivity contribution in [3.63, 3.8) is 0 Å². The maximum Gasteiger partial charge on any atom is 0.220 e. The molecule has 3 fully saturated rings. The van der Waals surface area contributed by atoms with Crippen LogP contribution in [0.25, 0.3) is 0 Å². The maximum atomic E-state index is 13.5. The van der Waals surface area contributed by atoms with Crippen LogP contribution >= 0.6 is 0 Å². The molecule has 0 aromatic heterocycles. The zero-order valence-electron chi connectivity index (χ0n) is 69.6. The van der Waals surface area contributed by atoms with Gasteiger partial charge in [-0.2, -0.15) is 0 Å². The van der Waals surface area contributed by atoms with E-state index in [-0.39, 0.29) is 18.9 Å². The van der Waals surface area contributed by atoms with Gasteiger partial charge in [-0.25, -0.2) is 0 Å². The minimum Gasteiger partial charge on any atom is -0.394 e. The van der Waals surface area contributed by atoms with Crippen LogP contribution in [0.2, 0.25) is 0 Å². The number of rotatable bonds is 76. The van der Waals surface area contributed by atoms with Crippen molar-refractivity contribution in [2.45, 2.75) is 516 Å². The molecule has 19 heteroatoms. The monoisotopic (exact) mass is 1550 g/mol. The number of allylic oxidation sites excluding steroid dienone is 3. The molecule has 3 saturated heterocycles. The van der Waals surface area contributed by atoms with Crippen molar-refractivity contribution in [1.29, 1.82) is 0 Å². The molecule has 0 aliphatic carbocycles. The summed E-state index contributed by atoms with van der Waals surface area (Å²) in [6.45, 7) is 1.80. The molecule has 0 bridgehead atoms. The highest BCUT2D eigenvalue weighted by atomic mass is 16.8. The molecule has 0 aromatic rings. The summed E-state index contributed by atoms with van der Waals surface area (Å²) in [4.78, 5) is 13.5. The second-order valence-corrected chi connectivity index (χ2v) is 33.1. The summed E-state index contributed by atoms with van der Waals surface area (Å²) in [7, 11) is 0. The SMILES string of the molecule is CCCCCCCCCCCCCCCCCCCCCC/C=C/CC/C=C/C(O)C(COC1OC(CO)C(OC2OC(CO)C(OC3OC(CO)C(O)C(O)C3O)C(O)C2O)C(O)C1O)NC(=O)CCCCCCCCCCCCCCCCCCCCCCCCCCCCCCCCCCCCCCCC. The number of aliphatic hydroxyl groups excluding tert-OH is 11. The molecule has 12 N–H and O–H groups in total. The van der Waals surface area contributed by atoms with Gasteiger partial charge in [-0.3, -0.25) is 4.79 Å². The van der Waals surface area contributed by atoms with Crippen molar-refractivity contribution < 1.29 is 89.4 Å². The Morgan fingerprint density at radius 2 is 0.587 bits per heavy atom. The highest BCUT2D eigenvalue weighted by Crippen LogP contribution is 2.34. The second kappa shape index (κ2) is 70.5. The molecule has 3 aliphatic heterocycles. The van der Waals surface area contributed by atoms with Crippen molar-refractivity contribution in [2.24, 2.45) is 0 Å². The fraction of sp³-hybridized carbons (Fsp3) is 0.944. The third kappa shape index (κ3) is 49.2. The van der Waals surface area contributed by atoms with Crippen LogP contribution in [0, 0.1) is 0 Å². The minimum atomic E-state index is -1.98. The summed E-state index contributed by atoms with van der Waals surface area (Å²) >= 11 is 0. The van der Waals surface area contributed by atoms with Crippen LogP contribution in [0.1, 0.15) is 412 Å². The van der Waals surface area contributed by atoms with Gasteiger partial charge in [0, 0.05) is 6.42 Å². The Kier molecular flexibility index (Phi) is 65.6.